The zero-order valence-corrected chi connectivity index (χ0v) is 10.7. The van der Waals surface area contributed by atoms with Crippen molar-refractivity contribution in [1.29, 1.82) is 0 Å². The summed E-state index contributed by atoms with van der Waals surface area (Å²) in [6.07, 6.45) is 5.19. The van der Waals surface area contributed by atoms with E-state index in [2.05, 4.69) is 26.5 Å². The van der Waals surface area contributed by atoms with Crippen LogP contribution >= 0.6 is 0 Å². The maximum absolute atomic E-state index is 5.19. The molecule has 0 fully saturated rings. The van der Waals surface area contributed by atoms with Gasteiger partial charge in [-0.3, -0.25) is 0 Å². The molecule has 0 aromatic carbocycles. The molecule has 1 rings (SSSR count). The Morgan fingerprint density at radius 2 is 2.33 bits per heavy atom. The molecule has 0 unspecified atom stereocenters. The van der Waals surface area contributed by atoms with Gasteiger partial charge in [-0.1, -0.05) is 12.0 Å². The number of methoxy groups -OCH3 is 1. The van der Waals surface area contributed by atoms with E-state index in [1.807, 2.05) is 19.1 Å². The van der Waals surface area contributed by atoms with E-state index in [9.17, 15) is 0 Å². The number of hydrogen-bond acceptors (Lipinski definition) is 3. The number of pyridine rings is 1. The Labute approximate surface area is 108 Å². The van der Waals surface area contributed by atoms with E-state index in [-0.39, 0.29) is 0 Å². The maximum atomic E-state index is 5.19. The Morgan fingerprint density at radius 3 is 3.00 bits per heavy atom. The van der Waals surface area contributed by atoms with Gasteiger partial charge < -0.3 is 15.4 Å². The van der Waals surface area contributed by atoms with E-state index < -0.39 is 0 Å². The van der Waals surface area contributed by atoms with E-state index in [0.29, 0.717) is 24.9 Å². The molecular formula is C13H18N4O. The van der Waals surface area contributed by atoms with Gasteiger partial charge in [0.2, 0.25) is 5.88 Å². The molecule has 0 aliphatic rings. The normalized spacial score (nSPS) is 10.6. The molecule has 1 aromatic rings. The molecule has 1 heterocycles. The third-order valence-corrected chi connectivity index (χ3v) is 2.09. The summed E-state index contributed by atoms with van der Waals surface area (Å²) in [5.41, 5.74) is 0.840. The molecule has 0 bridgehead atoms. The first-order chi connectivity index (χ1) is 8.80. The highest BCUT2D eigenvalue weighted by Gasteiger charge is 1.98. The van der Waals surface area contributed by atoms with Crippen molar-refractivity contribution in [3.63, 3.8) is 0 Å². The maximum Gasteiger partial charge on any atom is 0.213 e. The van der Waals surface area contributed by atoms with Crippen LogP contribution in [0.15, 0.2) is 23.2 Å². The topological polar surface area (TPSA) is 58.5 Å². The van der Waals surface area contributed by atoms with Crippen LogP contribution in [0.25, 0.3) is 0 Å². The fourth-order valence-corrected chi connectivity index (χ4v) is 1.30. The molecule has 2 N–H and O–H groups in total. The molecule has 18 heavy (non-hydrogen) atoms. The number of aromatic nitrogens is 1. The van der Waals surface area contributed by atoms with Crippen molar-refractivity contribution in [2.24, 2.45) is 4.99 Å². The van der Waals surface area contributed by atoms with Crippen molar-refractivity contribution in [1.82, 2.24) is 15.6 Å². The molecule has 1 aromatic heterocycles. The summed E-state index contributed by atoms with van der Waals surface area (Å²) >= 11 is 0. The molecule has 0 saturated carbocycles. The van der Waals surface area contributed by atoms with Crippen LogP contribution in [0, 0.1) is 12.3 Å². The molecule has 0 radical (unpaired) electrons. The fourth-order valence-electron chi connectivity index (χ4n) is 1.30. The van der Waals surface area contributed by atoms with E-state index in [0.717, 1.165) is 12.2 Å². The Morgan fingerprint density at radius 1 is 1.50 bits per heavy atom. The summed E-state index contributed by atoms with van der Waals surface area (Å²) in [5.74, 6) is 3.77. The van der Waals surface area contributed by atoms with Crippen LogP contribution in [0.3, 0.4) is 0 Å². The van der Waals surface area contributed by atoms with Crippen LogP contribution in [-0.4, -0.2) is 31.1 Å². The number of nitrogens with one attached hydrogen (secondary N) is 2. The van der Waals surface area contributed by atoms with Crippen molar-refractivity contribution < 1.29 is 4.74 Å². The van der Waals surface area contributed by atoms with Crippen LogP contribution in [0.1, 0.15) is 12.6 Å². The number of terminal acetylenes is 1. The molecule has 0 spiro atoms. The standard InChI is InChI=1S/C13H18N4O/c1-4-9-15-13(14-5-2)16-10-11-7-6-8-12(17-11)18-3/h1,6-8H,5,9-10H2,2-3H3,(H2,14,15,16). The number of hydrogen-bond donors (Lipinski definition) is 2. The van der Waals surface area contributed by atoms with Gasteiger partial charge in [0.25, 0.3) is 0 Å². The third kappa shape index (κ3) is 4.74. The minimum absolute atomic E-state index is 0.442. The molecule has 96 valence electrons. The Bertz CT molecular complexity index is 437. The van der Waals surface area contributed by atoms with Gasteiger partial charge in [0.15, 0.2) is 5.96 Å². The van der Waals surface area contributed by atoms with E-state index >= 15 is 0 Å². The lowest BCUT2D eigenvalue weighted by atomic mass is 10.3. The van der Waals surface area contributed by atoms with Crippen molar-refractivity contribution in [3.8, 4) is 18.2 Å². The lowest BCUT2D eigenvalue weighted by Gasteiger charge is -2.08. The van der Waals surface area contributed by atoms with Crippen LogP contribution in [0.4, 0.5) is 0 Å². The summed E-state index contributed by atoms with van der Waals surface area (Å²) in [4.78, 5) is 8.66. The summed E-state index contributed by atoms with van der Waals surface area (Å²) in [5, 5.41) is 6.11. The fraction of sp³-hybridized carbons (Fsp3) is 0.385. The molecule has 0 atom stereocenters. The van der Waals surface area contributed by atoms with Gasteiger partial charge in [0.1, 0.15) is 0 Å². The predicted octanol–water partition coefficient (Wildman–Crippen LogP) is 0.778. The molecule has 5 heteroatoms. The van der Waals surface area contributed by atoms with Crippen LogP contribution in [0.5, 0.6) is 5.88 Å². The molecule has 0 aliphatic heterocycles. The molecule has 0 saturated heterocycles. The first-order valence-corrected chi connectivity index (χ1v) is 5.75. The zero-order valence-electron chi connectivity index (χ0n) is 10.7. The van der Waals surface area contributed by atoms with Crippen molar-refractivity contribution in [2.45, 2.75) is 13.5 Å². The summed E-state index contributed by atoms with van der Waals surface area (Å²) < 4.78 is 5.06. The summed E-state index contributed by atoms with van der Waals surface area (Å²) in [6.45, 7) is 3.69. The second-order valence-corrected chi connectivity index (χ2v) is 3.42. The summed E-state index contributed by atoms with van der Waals surface area (Å²) in [7, 11) is 1.59. The van der Waals surface area contributed by atoms with Gasteiger partial charge in [-0.2, -0.15) is 0 Å². The van der Waals surface area contributed by atoms with Crippen molar-refractivity contribution in [3.05, 3.63) is 23.9 Å². The first kappa shape index (κ1) is 13.8. The number of aliphatic imine (C=N–C) groups is 1. The quantitative estimate of drug-likeness (QED) is 0.458. The van der Waals surface area contributed by atoms with Gasteiger partial charge in [0, 0.05) is 12.6 Å². The second-order valence-electron chi connectivity index (χ2n) is 3.42. The van der Waals surface area contributed by atoms with Gasteiger partial charge >= 0.3 is 0 Å². The van der Waals surface area contributed by atoms with Gasteiger partial charge in [-0.15, -0.1) is 6.42 Å². The van der Waals surface area contributed by atoms with Crippen LogP contribution in [0.2, 0.25) is 0 Å². The third-order valence-electron chi connectivity index (χ3n) is 2.09. The number of rotatable bonds is 5. The van der Waals surface area contributed by atoms with Crippen LogP contribution in [-0.2, 0) is 6.54 Å². The lowest BCUT2D eigenvalue weighted by Crippen LogP contribution is -2.37. The zero-order chi connectivity index (χ0) is 13.2. The first-order valence-electron chi connectivity index (χ1n) is 5.75. The Hall–Kier alpha value is -2.22. The Balaban J connectivity index is 2.65. The van der Waals surface area contributed by atoms with Gasteiger partial charge in [-0.25, -0.2) is 9.98 Å². The average molecular weight is 246 g/mol. The monoisotopic (exact) mass is 246 g/mol. The lowest BCUT2D eigenvalue weighted by molar-refractivity contribution is 0.396. The smallest absolute Gasteiger partial charge is 0.213 e. The minimum Gasteiger partial charge on any atom is -0.481 e. The van der Waals surface area contributed by atoms with Crippen molar-refractivity contribution >= 4 is 5.96 Å². The van der Waals surface area contributed by atoms with Gasteiger partial charge in [-0.05, 0) is 13.0 Å². The van der Waals surface area contributed by atoms with Crippen molar-refractivity contribution in [2.75, 3.05) is 20.2 Å². The molecule has 0 aliphatic carbocycles. The highest BCUT2D eigenvalue weighted by Crippen LogP contribution is 2.07. The molecular weight excluding hydrogens is 228 g/mol. The highest BCUT2D eigenvalue weighted by molar-refractivity contribution is 5.79. The highest BCUT2D eigenvalue weighted by atomic mass is 16.5. The Kier molecular flexibility index (Phi) is 6.12. The van der Waals surface area contributed by atoms with Gasteiger partial charge in [0.05, 0.1) is 25.9 Å². The number of ether oxygens (including phenoxy) is 1. The number of guanidine groups is 1. The van der Waals surface area contributed by atoms with E-state index in [4.69, 9.17) is 11.2 Å². The largest absolute Gasteiger partial charge is 0.481 e. The van der Waals surface area contributed by atoms with Crippen LogP contribution < -0.4 is 15.4 Å². The van der Waals surface area contributed by atoms with E-state index in [1.54, 1.807) is 13.2 Å². The second kappa shape index (κ2) is 7.96. The number of nitrogens with zero attached hydrogens (tertiary/aromatic N) is 2. The predicted molar refractivity (Wildman–Crippen MR) is 72.4 cm³/mol. The average Bonchev–Trinajstić information content (AvgIpc) is 2.42. The minimum atomic E-state index is 0.442. The van der Waals surface area contributed by atoms with E-state index in [1.165, 1.54) is 0 Å². The molecule has 0 amide bonds. The SMILES string of the molecule is C#CCNC(=NCc1cccc(OC)n1)NCC. The molecule has 5 nitrogen and oxygen atoms in total. The summed E-state index contributed by atoms with van der Waals surface area (Å²) in [6, 6.07) is 5.59.